The molecule has 2 aliphatic carbocycles. The van der Waals surface area contributed by atoms with Gasteiger partial charge in [-0.15, -0.1) is 12.3 Å². The first-order chi connectivity index (χ1) is 20.8. The Morgan fingerprint density at radius 1 is 0.872 bits per heavy atom. The largest absolute Gasteiger partial charge is 2.00 e. The first-order valence-electron chi connectivity index (χ1n) is 17.3. The van der Waals surface area contributed by atoms with E-state index in [0.717, 1.165) is 76.3 Å². The van der Waals surface area contributed by atoms with Crippen LogP contribution in [0.2, 0.25) is 0 Å². The van der Waals surface area contributed by atoms with Gasteiger partial charge in [-0.25, -0.2) is 0 Å². The standard InChI is InChI=1S/C37H58N2O2.C2H5.CH3.2Mn.Zn/c1-6-10-33-23-28(3)36(33)26-32(19-21-38-5)20-22-39-37(41)18-16-30(14-13-29(4)40)15-17-35-27(2)24-34(35)25-31-11-8-7-9-12-31;1-2;;;;/h7-9,11-12,23-24,27-28,30,32-36,38H,1-2,6,10,13-22,25-26H2,3-5H3,(H,39,41);1H2,2H3;1H3;;;/q-4;2*-1;3*+2. The zero-order valence-corrected chi connectivity index (χ0v) is 35.8. The van der Waals surface area contributed by atoms with Gasteiger partial charge in [0, 0.05) is 19.4 Å². The van der Waals surface area contributed by atoms with Crippen molar-refractivity contribution in [2.24, 2.45) is 47.3 Å². The molecule has 0 spiro atoms. The van der Waals surface area contributed by atoms with Gasteiger partial charge in [-0.3, -0.25) is 4.79 Å². The fourth-order valence-electron chi connectivity index (χ4n) is 7.39. The number of hydrogen-bond donors (Lipinski definition) is 2. The molecular weight excluding hydrogens is 716 g/mol. The fourth-order valence-corrected chi connectivity index (χ4v) is 7.39. The molecule has 1 aromatic carbocycles. The first kappa shape index (κ1) is 51.4. The second kappa shape index (κ2) is 29.7. The second-order valence-corrected chi connectivity index (χ2v) is 13.3. The summed E-state index contributed by atoms with van der Waals surface area (Å²) in [4.78, 5) is 24.6. The minimum atomic E-state index is 0. The van der Waals surface area contributed by atoms with Crippen molar-refractivity contribution in [3.63, 3.8) is 0 Å². The molecular formula is C40H66Mn2N2O2Zn. The van der Waals surface area contributed by atoms with Crippen molar-refractivity contribution in [3.05, 3.63) is 76.9 Å². The number of carbonyl (C=O) groups excluding carboxylic acids is 2. The first-order valence-corrected chi connectivity index (χ1v) is 17.3. The van der Waals surface area contributed by atoms with Crippen LogP contribution in [0.3, 0.4) is 0 Å². The molecule has 0 aromatic heterocycles. The van der Waals surface area contributed by atoms with E-state index in [1.54, 1.807) is 13.8 Å². The second-order valence-electron chi connectivity index (χ2n) is 13.3. The summed E-state index contributed by atoms with van der Waals surface area (Å²) in [5.74, 6) is 5.27. The summed E-state index contributed by atoms with van der Waals surface area (Å²) in [6.07, 6.45) is 16.8. The Morgan fingerprint density at radius 3 is 2.09 bits per heavy atom. The Labute approximate surface area is 325 Å². The predicted octanol–water partition coefficient (Wildman–Crippen LogP) is 8.78. The van der Waals surface area contributed by atoms with E-state index >= 15 is 0 Å². The molecule has 1 amide bonds. The van der Waals surface area contributed by atoms with Crippen LogP contribution in [0.4, 0.5) is 0 Å². The van der Waals surface area contributed by atoms with Gasteiger partial charge in [0.2, 0.25) is 5.91 Å². The molecule has 2 saturated carbocycles. The number of hydrogen-bond acceptors (Lipinski definition) is 3. The maximum absolute atomic E-state index is 12.9. The van der Waals surface area contributed by atoms with Crippen molar-refractivity contribution in [1.82, 2.24) is 10.6 Å². The molecule has 8 atom stereocenters. The van der Waals surface area contributed by atoms with E-state index < -0.39 is 0 Å². The van der Waals surface area contributed by atoms with Crippen LogP contribution >= 0.6 is 0 Å². The Bertz CT molecular complexity index is 903. The zero-order chi connectivity index (χ0) is 31.6. The van der Waals surface area contributed by atoms with Gasteiger partial charge >= 0.3 is 53.6 Å². The quantitative estimate of drug-likeness (QED) is 0.0970. The molecule has 7 heteroatoms. The average Bonchev–Trinajstić information content (AvgIpc) is 3.00. The minimum Gasteiger partial charge on any atom is -0.369 e. The van der Waals surface area contributed by atoms with Crippen molar-refractivity contribution in [1.29, 1.82) is 0 Å². The molecule has 3 rings (SSSR count). The Kier molecular flexibility index (Phi) is 32.4. The molecule has 4 nitrogen and oxygen atoms in total. The van der Waals surface area contributed by atoms with E-state index in [1.165, 1.54) is 18.4 Å². The topological polar surface area (TPSA) is 58.2 Å². The summed E-state index contributed by atoms with van der Waals surface area (Å²) in [6.45, 7) is 19.3. The summed E-state index contributed by atoms with van der Waals surface area (Å²) in [5.41, 5.74) is 1.39. The third-order valence-corrected chi connectivity index (χ3v) is 10.1. The van der Waals surface area contributed by atoms with Crippen LogP contribution in [0, 0.1) is 88.4 Å². The molecule has 47 heavy (non-hydrogen) atoms. The molecule has 2 N–H and O–H groups in total. The van der Waals surface area contributed by atoms with Crippen LogP contribution in [0.1, 0.15) is 97.0 Å². The molecule has 0 aliphatic heterocycles. The van der Waals surface area contributed by atoms with Gasteiger partial charge < -0.3 is 62.4 Å². The number of amides is 1. The van der Waals surface area contributed by atoms with Gasteiger partial charge in [0.15, 0.2) is 0 Å². The molecule has 8 unspecified atom stereocenters. The van der Waals surface area contributed by atoms with E-state index in [9.17, 15) is 9.59 Å². The van der Waals surface area contributed by atoms with Gasteiger partial charge in [-0.1, -0.05) is 74.4 Å². The number of ketones is 1. The van der Waals surface area contributed by atoms with Crippen molar-refractivity contribution < 1.29 is 63.2 Å². The molecule has 2 aliphatic rings. The third kappa shape index (κ3) is 19.2. The van der Waals surface area contributed by atoms with E-state index in [1.807, 2.05) is 7.05 Å². The van der Waals surface area contributed by atoms with E-state index in [2.05, 4.69) is 81.5 Å². The average molecular weight is 782 g/mol. The number of nitrogens with one attached hydrogen (secondary N) is 2. The summed E-state index contributed by atoms with van der Waals surface area (Å²) < 4.78 is 0. The van der Waals surface area contributed by atoms with E-state index in [4.69, 9.17) is 0 Å². The van der Waals surface area contributed by atoms with Crippen LogP contribution in [0.25, 0.3) is 0 Å². The monoisotopic (exact) mass is 780 g/mol. The van der Waals surface area contributed by atoms with Gasteiger partial charge in [0.25, 0.3) is 0 Å². The van der Waals surface area contributed by atoms with Crippen LogP contribution in [0.5, 0.6) is 0 Å². The third-order valence-electron chi connectivity index (χ3n) is 10.1. The van der Waals surface area contributed by atoms with Crippen LogP contribution in [-0.4, -0.2) is 31.8 Å². The predicted molar refractivity (Wildman–Crippen MR) is 189 cm³/mol. The number of rotatable bonds is 21. The Balaban J connectivity index is -0.00000316. The maximum atomic E-state index is 12.9. The van der Waals surface area contributed by atoms with Crippen molar-refractivity contribution in [2.45, 2.75) is 97.8 Å². The fraction of sp³-hybridized carbons (Fsp3) is 0.650. The maximum Gasteiger partial charge on any atom is 2.00 e. The SMILES string of the molecule is [CH2-]C.[CH2-]CCC1[CH-]C(C)C1CC(CCNC)CCNC(=O)CCC(CCC(C)=O)CCC1C([CH2-])[CH-]C1Cc1ccccc1.[CH3-].[Mn+2].[Mn+2].[Zn+2]. The molecule has 264 valence electrons. The van der Waals surface area contributed by atoms with Crippen LogP contribution in [-0.2, 0) is 69.6 Å². The van der Waals surface area contributed by atoms with Crippen molar-refractivity contribution in [2.75, 3.05) is 20.1 Å². The molecule has 0 saturated heterocycles. The van der Waals surface area contributed by atoms with Crippen molar-refractivity contribution in [3.8, 4) is 0 Å². The Hall–Kier alpha value is -0.0177. The molecule has 2 radical (unpaired) electrons. The molecule has 0 heterocycles. The summed E-state index contributed by atoms with van der Waals surface area (Å²) in [6, 6.07) is 10.7. The Morgan fingerprint density at radius 2 is 1.51 bits per heavy atom. The normalized spacial score (nSPS) is 23.6. The molecule has 1 aromatic rings. The van der Waals surface area contributed by atoms with Gasteiger partial charge in [-0.2, -0.15) is 31.1 Å². The number of Topliss-reactive ketones (excluding diaryl/α,β-unsaturated/α-hetero) is 1. The van der Waals surface area contributed by atoms with Gasteiger partial charge in [0.1, 0.15) is 5.78 Å². The summed E-state index contributed by atoms with van der Waals surface area (Å²) >= 11 is 0. The molecule has 2 fully saturated rings. The van der Waals surface area contributed by atoms with E-state index in [0.29, 0.717) is 48.3 Å². The van der Waals surface area contributed by atoms with E-state index in [-0.39, 0.29) is 72.7 Å². The van der Waals surface area contributed by atoms with Gasteiger partial charge in [-0.05, 0) is 58.0 Å². The van der Waals surface area contributed by atoms with Crippen molar-refractivity contribution >= 4 is 11.7 Å². The van der Waals surface area contributed by atoms with Crippen LogP contribution < -0.4 is 10.6 Å². The smallest absolute Gasteiger partial charge is 0.369 e. The summed E-state index contributed by atoms with van der Waals surface area (Å²) in [7, 11) is 2.02. The van der Waals surface area contributed by atoms with Gasteiger partial charge in [0.05, 0.1) is 0 Å². The van der Waals surface area contributed by atoms with Crippen LogP contribution in [0.15, 0.2) is 30.3 Å². The molecule has 0 bridgehead atoms. The zero-order valence-electron chi connectivity index (χ0n) is 30.5. The minimum absolute atomic E-state index is 0. The number of carbonyl (C=O) groups is 2. The number of benzene rings is 1. The summed E-state index contributed by atoms with van der Waals surface area (Å²) in [5, 5.41) is 6.55.